The van der Waals surface area contributed by atoms with Gasteiger partial charge < -0.3 is 4.90 Å². The molecule has 0 aliphatic heterocycles. The molecule has 1 aromatic carbocycles. The summed E-state index contributed by atoms with van der Waals surface area (Å²) >= 11 is 0. The second-order valence-corrected chi connectivity index (χ2v) is 8.39. The van der Waals surface area contributed by atoms with Gasteiger partial charge in [0, 0.05) is 19.3 Å². The molecule has 1 N–H and O–H groups in total. The summed E-state index contributed by atoms with van der Waals surface area (Å²) in [5.41, 5.74) is 2.71. The highest BCUT2D eigenvalue weighted by Gasteiger charge is 2.02. The largest absolute Gasteiger partial charge is 0.375 e. The van der Waals surface area contributed by atoms with Crippen molar-refractivity contribution < 1.29 is 17.7 Å². The Morgan fingerprint density at radius 2 is 1.46 bits per heavy atom. The van der Waals surface area contributed by atoms with E-state index >= 15 is 0 Å². The van der Waals surface area contributed by atoms with E-state index in [1.54, 1.807) is 0 Å². The predicted octanol–water partition coefficient (Wildman–Crippen LogP) is 5.65. The smallest absolute Gasteiger partial charge is 0.264 e. The standard InChI is InChI=1S/C12H19N.C8H18O3S.FH/c1-5-13(4)12-8-6-11(7-9-12)10(2)3;1-2-3-4-5-6-7-8-12(9,10)11;/h6-10H,5H2,1-4H3;2-8H2,1H3,(H,9,10,11);1H. The van der Waals surface area contributed by atoms with Crippen LogP contribution in [-0.2, 0) is 10.1 Å². The minimum Gasteiger partial charge on any atom is -0.375 e. The molecule has 1 aromatic rings. The molecule has 0 bridgehead atoms. The summed E-state index contributed by atoms with van der Waals surface area (Å²) in [5, 5.41) is 0. The van der Waals surface area contributed by atoms with Crippen LogP contribution in [0.15, 0.2) is 24.3 Å². The fourth-order valence-corrected chi connectivity index (χ4v) is 2.93. The second kappa shape index (κ2) is 15.0. The lowest BCUT2D eigenvalue weighted by molar-refractivity contribution is 0.478. The van der Waals surface area contributed by atoms with Crippen molar-refractivity contribution >= 4 is 15.8 Å². The van der Waals surface area contributed by atoms with E-state index in [0.717, 1.165) is 19.4 Å². The van der Waals surface area contributed by atoms with E-state index in [4.69, 9.17) is 4.55 Å². The third-order valence-electron chi connectivity index (χ3n) is 4.23. The molecule has 26 heavy (non-hydrogen) atoms. The van der Waals surface area contributed by atoms with E-state index in [2.05, 4.69) is 63.9 Å². The summed E-state index contributed by atoms with van der Waals surface area (Å²) in [7, 11) is -1.60. The maximum Gasteiger partial charge on any atom is 0.264 e. The maximum absolute atomic E-state index is 10.3. The molecular weight excluding hydrogens is 353 g/mol. The zero-order chi connectivity index (χ0) is 19.3. The third kappa shape index (κ3) is 14.1. The molecule has 0 spiro atoms. The number of hydrogen-bond acceptors (Lipinski definition) is 3. The Morgan fingerprint density at radius 1 is 0.962 bits per heavy atom. The molecule has 0 amide bonds. The summed E-state index contributed by atoms with van der Waals surface area (Å²) in [5.74, 6) is 0.542. The van der Waals surface area contributed by atoms with Gasteiger partial charge in [-0.3, -0.25) is 9.26 Å². The van der Waals surface area contributed by atoms with Gasteiger partial charge in [0.15, 0.2) is 0 Å². The molecule has 6 heteroatoms. The maximum atomic E-state index is 10.3. The van der Waals surface area contributed by atoms with Gasteiger partial charge in [0.2, 0.25) is 0 Å². The van der Waals surface area contributed by atoms with Gasteiger partial charge in [0.25, 0.3) is 10.1 Å². The van der Waals surface area contributed by atoms with E-state index in [1.807, 2.05) is 0 Å². The Kier molecular flexibility index (Phi) is 15.6. The average Bonchev–Trinajstić information content (AvgIpc) is 2.57. The molecule has 0 aliphatic rings. The third-order valence-corrected chi connectivity index (χ3v) is 5.04. The van der Waals surface area contributed by atoms with Crippen molar-refractivity contribution in [3.8, 4) is 0 Å². The van der Waals surface area contributed by atoms with E-state index in [-0.39, 0.29) is 10.5 Å². The SMILES string of the molecule is CCCCCCCCS(=O)(=O)O.CCN(C)c1ccc(C(C)C)cc1.F. The Hall–Kier alpha value is -1.14. The van der Waals surface area contributed by atoms with Crippen LogP contribution in [0.3, 0.4) is 0 Å². The van der Waals surface area contributed by atoms with Gasteiger partial charge in [-0.05, 0) is 37.0 Å². The number of anilines is 1. The normalized spacial score (nSPS) is 10.7. The molecule has 0 unspecified atom stereocenters. The topological polar surface area (TPSA) is 57.6 Å². The quantitative estimate of drug-likeness (QED) is 0.413. The lowest BCUT2D eigenvalue weighted by Crippen LogP contribution is -2.15. The van der Waals surface area contributed by atoms with E-state index in [9.17, 15) is 8.42 Å². The number of rotatable bonds is 10. The number of hydrogen-bond donors (Lipinski definition) is 1. The monoisotopic (exact) mass is 391 g/mol. The highest BCUT2D eigenvalue weighted by Crippen LogP contribution is 2.18. The van der Waals surface area contributed by atoms with Gasteiger partial charge in [-0.1, -0.05) is 65.0 Å². The predicted molar refractivity (Wildman–Crippen MR) is 112 cm³/mol. The first-order valence-corrected chi connectivity index (χ1v) is 11.1. The van der Waals surface area contributed by atoms with Crippen LogP contribution >= 0.6 is 0 Å². The molecule has 4 nitrogen and oxygen atoms in total. The van der Waals surface area contributed by atoms with E-state index in [1.165, 1.54) is 30.5 Å². The van der Waals surface area contributed by atoms with Crippen molar-refractivity contribution in [2.75, 3.05) is 24.2 Å². The number of nitrogens with zero attached hydrogens (tertiary/aromatic N) is 1. The van der Waals surface area contributed by atoms with Crippen LogP contribution in [0, 0.1) is 0 Å². The molecule has 0 radical (unpaired) electrons. The zero-order valence-electron chi connectivity index (χ0n) is 17.1. The second-order valence-electron chi connectivity index (χ2n) is 6.81. The van der Waals surface area contributed by atoms with Crippen LogP contribution in [-0.4, -0.2) is 32.3 Å². The molecule has 154 valence electrons. The number of unbranched alkanes of at least 4 members (excludes halogenated alkanes) is 5. The van der Waals surface area contributed by atoms with Gasteiger partial charge in [0.05, 0.1) is 5.75 Å². The molecule has 0 aliphatic carbocycles. The summed E-state index contributed by atoms with van der Waals surface area (Å²) in [4.78, 5) is 2.24. The Balaban J connectivity index is 0. The van der Waals surface area contributed by atoms with Crippen LogP contribution in [0.5, 0.6) is 0 Å². The van der Waals surface area contributed by atoms with Crippen LogP contribution in [0.4, 0.5) is 10.4 Å². The van der Waals surface area contributed by atoms with Gasteiger partial charge in [0.1, 0.15) is 0 Å². The van der Waals surface area contributed by atoms with Crippen molar-refractivity contribution in [1.29, 1.82) is 0 Å². The van der Waals surface area contributed by atoms with E-state index < -0.39 is 10.1 Å². The van der Waals surface area contributed by atoms with Crippen molar-refractivity contribution in [2.24, 2.45) is 0 Å². The van der Waals surface area contributed by atoms with E-state index in [0.29, 0.717) is 12.3 Å². The van der Waals surface area contributed by atoms with Crippen molar-refractivity contribution in [3.05, 3.63) is 29.8 Å². The molecule has 0 saturated carbocycles. The summed E-state index contributed by atoms with van der Waals surface area (Å²) < 4.78 is 28.9. The molecule has 0 fully saturated rings. The number of benzene rings is 1. The fourth-order valence-electron chi connectivity index (χ4n) is 2.36. The minimum absolute atomic E-state index is 0. The summed E-state index contributed by atoms with van der Waals surface area (Å²) in [6.07, 6.45) is 6.14. The average molecular weight is 392 g/mol. The number of halogens is 1. The molecular formula is C20H38FNO3S. The Morgan fingerprint density at radius 3 is 1.88 bits per heavy atom. The van der Waals surface area contributed by atoms with Gasteiger partial charge >= 0.3 is 0 Å². The fraction of sp³-hybridized carbons (Fsp3) is 0.700. The lowest BCUT2D eigenvalue weighted by Gasteiger charge is -2.17. The summed E-state index contributed by atoms with van der Waals surface area (Å²) in [6, 6.07) is 8.82. The van der Waals surface area contributed by atoms with Gasteiger partial charge in [-0.25, -0.2) is 0 Å². The Bertz CT molecular complexity index is 545. The van der Waals surface area contributed by atoms with Crippen LogP contribution < -0.4 is 4.90 Å². The van der Waals surface area contributed by atoms with Crippen molar-refractivity contribution in [1.82, 2.24) is 0 Å². The van der Waals surface area contributed by atoms with Crippen LogP contribution in [0.2, 0.25) is 0 Å². The first-order chi connectivity index (χ1) is 11.7. The first kappa shape index (κ1) is 27.1. The molecule has 0 heterocycles. The Labute approximate surface area is 160 Å². The van der Waals surface area contributed by atoms with Gasteiger partial charge in [-0.2, -0.15) is 8.42 Å². The lowest BCUT2D eigenvalue weighted by atomic mass is 10.0. The van der Waals surface area contributed by atoms with Crippen LogP contribution in [0.25, 0.3) is 0 Å². The highest BCUT2D eigenvalue weighted by molar-refractivity contribution is 7.85. The molecule has 1 rings (SSSR count). The minimum atomic E-state index is -3.72. The first-order valence-electron chi connectivity index (χ1n) is 9.47. The highest BCUT2D eigenvalue weighted by atomic mass is 32.2. The summed E-state index contributed by atoms with van der Waals surface area (Å²) in [6.45, 7) is 9.80. The molecule has 0 saturated heterocycles. The van der Waals surface area contributed by atoms with Gasteiger partial charge in [-0.15, -0.1) is 0 Å². The zero-order valence-corrected chi connectivity index (χ0v) is 17.9. The van der Waals surface area contributed by atoms with Crippen molar-refractivity contribution in [3.63, 3.8) is 0 Å². The van der Waals surface area contributed by atoms with Crippen LogP contribution in [0.1, 0.15) is 77.7 Å². The van der Waals surface area contributed by atoms with Crippen molar-refractivity contribution in [2.45, 2.75) is 72.1 Å². The molecule has 0 atom stereocenters. The molecule has 0 aromatic heterocycles.